The predicted molar refractivity (Wildman–Crippen MR) is 211 cm³/mol. The van der Waals surface area contributed by atoms with Crippen LogP contribution in [0.2, 0.25) is 0 Å². The van der Waals surface area contributed by atoms with Gasteiger partial charge < -0.3 is 0 Å². The molecule has 0 saturated heterocycles. The lowest BCUT2D eigenvalue weighted by molar-refractivity contribution is 0.701. The number of fused-ring (bicyclic) bond motifs is 8. The van der Waals surface area contributed by atoms with Gasteiger partial charge in [0.1, 0.15) is 0 Å². The fourth-order valence-corrected chi connectivity index (χ4v) is 8.94. The summed E-state index contributed by atoms with van der Waals surface area (Å²) >= 11 is 1.85. The Kier molecular flexibility index (Phi) is 7.25. The third-order valence-electron chi connectivity index (χ3n) is 10.1. The van der Waals surface area contributed by atoms with Crippen molar-refractivity contribution >= 4 is 23.9 Å². The molecule has 1 aliphatic carbocycles. The smallest absolute Gasteiger partial charge is 0.164 e. The van der Waals surface area contributed by atoms with Gasteiger partial charge in [-0.1, -0.05) is 157 Å². The maximum atomic E-state index is 5.18. The summed E-state index contributed by atoms with van der Waals surface area (Å²) in [5.74, 6) is 1.89. The molecule has 52 heavy (non-hydrogen) atoms. The molecular formula is C47H30N4S. The molecule has 3 heterocycles. The Morgan fingerprint density at radius 2 is 0.904 bits per heavy atom. The molecule has 0 bridgehead atoms. The van der Waals surface area contributed by atoms with Crippen LogP contribution < -0.4 is 0 Å². The first-order valence-corrected chi connectivity index (χ1v) is 18.2. The number of rotatable bonds is 4. The second-order valence-electron chi connectivity index (χ2n) is 13.1. The van der Waals surface area contributed by atoms with Gasteiger partial charge in [0.05, 0.1) is 5.41 Å². The number of hydrogen-bond acceptors (Lipinski definition) is 5. The molecule has 0 radical (unpaired) electrons. The van der Waals surface area contributed by atoms with E-state index >= 15 is 0 Å². The lowest BCUT2D eigenvalue weighted by Gasteiger charge is -2.42. The monoisotopic (exact) mass is 682 g/mol. The van der Waals surface area contributed by atoms with Crippen molar-refractivity contribution < 1.29 is 0 Å². The van der Waals surface area contributed by atoms with Crippen LogP contribution in [0, 0.1) is 0 Å². The van der Waals surface area contributed by atoms with Crippen LogP contribution in [0.3, 0.4) is 0 Å². The Labute approximate surface area is 306 Å². The zero-order valence-electron chi connectivity index (χ0n) is 28.0. The highest BCUT2D eigenvalue weighted by Crippen LogP contribution is 2.58. The van der Waals surface area contributed by atoms with E-state index in [1.807, 2.05) is 42.2 Å². The molecule has 10 rings (SSSR count). The second-order valence-corrected chi connectivity index (χ2v) is 14.1. The van der Waals surface area contributed by atoms with Crippen LogP contribution in [0.4, 0.5) is 0 Å². The maximum Gasteiger partial charge on any atom is 0.164 e. The van der Waals surface area contributed by atoms with Crippen LogP contribution in [0.1, 0.15) is 33.4 Å². The molecular weight excluding hydrogens is 653 g/mol. The average Bonchev–Trinajstić information content (AvgIpc) is 3.36. The van der Waals surface area contributed by atoms with Gasteiger partial charge in [-0.2, -0.15) is 0 Å². The summed E-state index contributed by atoms with van der Waals surface area (Å²) in [5, 5.41) is 0. The van der Waals surface area contributed by atoms with Crippen molar-refractivity contribution in [2.24, 2.45) is 0 Å². The summed E-state index contributed by atoms with van der Waals surface area (Å²) in [6, 6.07) is 55.8. The van der Waals surface area contributed by atoms with Crippen LogP contribution in [0.15, 0.2) is 180 Å². The summed E-state index contributed by atoms with van der Waals surface area (Å²) in [4.78, 5) is 22.2. The summed E-state index contributed by atoms with van der Waals surface area (Å²) < 4.78 is 0. The van der Waals surface area contributed by atoms with E-state index in [-0.39, 0.29) is 0 Å². The van der Waals surface area contributed by atoms with Gasteiger partial charge in [-0.25, -0.2) is 15.0 Å². The van der Waals surface area contributed by atoms with Gasteiger partial charge in [0.15, 0.2) is 17.5 Å². The Hall–Kier alpha value is -6.43. The first-order valence-electron chi connectivity index (χ1n) is 17.4. The molecule has 0 atom stereocenters. The van der Waals surface area contributed by atoms with Crippen LogP contribution >= 0.6 is 11.8 Å². The van der Waals surface area contributed by atoms with Crippen LogP contribution in [0.5, 0.6) is 0 Å². The summed E-state index contributed by atoms with van der Waals surface area (Å²) in [6.45, 7) is 0. The van der Waals surface area contributed by atoms with Crippen molar-refractivity contribution in [3.05, 3.63) is 203 Å². The number of aromatic nitrogens is 4. The van der Waals surface area contributed by atoms with Crippen LogP contribution in [0.25, 0.3) is 57.4 Å². The molecule has 8 aromatic rings. The number of hydrogen-bond donors (Lipinski definition) is 0. The van der Waals surface area contributed by atoms with E-state index in [0.29, 0.717) is 17.5 Å². The lowest BCUT2D eigenvalue weighted by atomic mass is 9.63. The van der Waals surface area contributed by atoms with Gasteiger partial charge in [-0.15, -0.1) is 0 Å². The highest BCUT2D eigenvalue weighted by Gasteiger charge is 2.46. The molecule has 4 nitrogen and oxygen atoms in total. The molecule has 0 unspecified atom stereocenters. The molecule has 0 saturated carbocycles. The highest BCUT2D eigenvalue weighted by atomic mass is 32.2. The molecule has 1 aliphatic heterocycles. The minimum Gasteiger partial charge on any atom is -0.264 e. The van der Waals surface area contributed by atoms with Gasteiger partial charge in [-0.05, 0) is 68.8 Å². The SMILES string of the molecule is C1=Cc2ccc(-c3nc(-c4ccccc4)nc(-c4ccc(-c5cccnc5)cc4)n3)cc2C2(c3ccccc31)c1ccccc1Sc1ccccc12. The van der Waals surface area contributed by atoms with Crippen molar-refractivity contribution in [3.63, 3.8) is 0 Å². The van der Waals surface area contributed by atoms with E-state index in [0.717, 1.165) is 27.8 Å². The summed E-state index contributed by atoms with van der Waals surface area (Å²) in [6.07, 6.45) is 8.19. The van der Waals surface area contributed by atoms with Gasteiger partial charge in [-0.3, -0.25) is 4.98 Å². The third-order valence-corrected chi connectivity index (χ3v) is 11.3. The minimum atomic E-state index is -0.565. The fraction of sp³-hybridized carbons (Fsp3) is 0.0213. The van der Waals surface area contributed by atoms with Crippen molar-refractivity contribution in [1.82, 2.24) is 19.9 Å². The van der Waals surface area contributed by atoms with Crippen molar-refractivity contribution in [3.8, 4) is 45.3 Å². The van der Waals surface area contributed by atoms with E-state index in [1.165, 1.54) is 43.2 Å². The lowest BCUT2D eigenvalue weighted by Crippen LogP contribution is -2.35. The van der Waals surface area contributed by atoms with Gasteiger partial charge >= 0.3 is 0 Å². The van der Waals surface area contributed by atoms with Gasteiger partial charge in [0.25, 0.3) is 0 Å². The summed E-state index contributed by atoms with van der Waals surface area (Å²) in [5.41, 5.74) is 11.8. The molecule has 0 amide bonds. The van der Waals surface area contributed by atoms with E-state index < -0.39 is 5.41 Å². The number of benzene rings is 6. The Balaban J connectivity index is 1.21. The van der Waals surface area contributed by atoms with Crippen molar-refractivity contribution in [2.75, 3.05) is 0 Å². The first-order chi connectivity index (χ1) is 25.8. The van der Waals surface area contributed by atoms with Crippen molar-refractivity contribution in [1.29, 1.82) is 0 Å². The zero-order chi connectivity index (χ0) is 34.5. The average molecular weight is 683 g/mol. The van der Waals surface area contributed by atoms with E-state index in [2.05, 4.69) is 151 Å². The Bertz CT molecular complexity index is 2610. The van der Waals surface area contributed by atoms with Crippen LogP contribution in [-0.4, -0.2) is 19.9 Å². The van der Waals surface area contributed by atoms with E-state index in [9.17, 15) is 0 Å². The Morgan fingerprint density at radius 1 is 0.385 bits per heavy atom. The number of pyridine rings is 1. The zero-order valence-corrected chi connectivity index (χ0v) is 28.8. The molecule has 5 heteroatoms. The topological polar surface area (TPSA) is 51.6 Å². The standard InChI is InChI=1S/C47H30N4S/c1-2-12-34(13-3-1)44-49-45(35-25-20-31(21-26-35)37-14-10-28-48-30-37)51-46(50-44)36-27-24-33-23-22-32-11-4-5-15-38(32)47(41(33)29-36)39-16-6-8-18-42(39)52-43-19-9-7-17-40(43)47/h1-30H. The minimum absolute atomic E-state index is 0.565. The van der Waals surface area contributed by atoms with Crippen molar-refractivity contribution in [2.45, 2.75) is 15.2 Å². The molecule has 6 aromatic carbocycles. The molecule has 2 aliphatic rings. The summed E-state index contributed by atoms with van der Waals surface area (Å²) in [7, 11) is 0. The molecule has 2 aromatic heterocycles. The molecule has 0 fully saturated rings. The molecule has 0 N–H and O–H groups in total. The quantitative estimate of drug-likeness (QED) is 0.185. The maximum absolute atomic E-state index is 5.18. The molecule has 1 spiro atoms. The van der Waals surface area contributed by atoms with E-state index in [1.54, 1.807) is 6.20 Å². The molecule has 244 valence electrons. The largest absolute Gasteiger partial charge is 0.264 e. The third kappa shape index (κ3) is 4.93. The van der Waals surface area contributed by atoms with Gasteiger partial charge in [0, 0.05) is 38.9 Å². The van der Waals surface area contributed by atoms with E-state index in [4.69, 9.17) is 15.0 Å². The second kappa shape index (κ2) is 12.4. The fourth-order valence-electron chi connectivity index (χ4n) is 7.74. The van der Waals surface area contributed by atoms with Crippen LogP contribution in [-0.2, 0) is 5.41 Å². The normalized spacial score (nSPS) is 13.4. The number of nitrogens with zero attached hydrogens (tertiary/aromatic N) is 4. The highest BCUT2D eigenvalue weighted by molar-refractivity contribution is 7.99. The first kappa shape index (κ1) is 30.4. The Morgan fingerprint density at radius 3 is 1.58 bits per heavy atom. The van der Waals surface area contributed by atoms with Gasteiger partial charge in [0.2, 0.25) is 0 Å². The predicted octanol–water partition coefficient (Wildman–Crippen LogP) is 11.3.